The first-order valence-corrected chi connectivity index (χ1v) is 4.63. The molecule has 1 amide bonds. The molecule has 1 saturated heterocycles. The molecular formula is C9H13NO3. The number of carbonyl (C=O) groups excluding carboxylic acids is 1. The van der Waals surface area contributed by atoms with Crippen molar-refractivity contribution < 1.29 is 14.7 Å². The lowest BCUT2D eigenvalue weighted by Crippen LogP contribution is -2.48. The molecular weight excluding hydrogens is 170 g/mol. The number of carbonyl (C=O) groups is 2. The van der Waals surface area contributed by atoms with Crippen LogP contribution in [0, 0.1) is 5.92 Å². The van der Waals surface area contributed by atoms with Gasteiger partial charge in [-0.1, -0.05) is 0 Å². The minimum Gasteiger partial charge on any atom is -0.480 e. The monoisotopic (exact) mass is 183 g/mol. The van der Waals surface area contributed by atoms with Gasteiger partial charge in [0.25, 0.3) is 0 Å². The van der Waals surface area contributed by atoms with Crippen LogP contribution in [0.3, 0.4) is 0 Å². The van der Waals surface area contributed by atoms with E-state index in [1.54, 1.807) is 4.90 Å². The van der Waals surface area contributed by atoms with Crippen LogP contribution in [0.15, 0.2) is 0 Å². The van der Waals surface area contributed by atoms with E-state index in [9.17, 15) is 9.59 Å². The van der Waals surface area contributed by atoms with E-state index in [1.807, 2.05) is 0 Å². The van der Waals surface area contributed by atoms with Gasteiger partial charge in [-0.2, -0.15) is 0 Å². The van der Waals surface area contributed by atoms with Crippen LogP contribution in [0.1, 0.15) is 26.2 Å². The summed E-state index contributed by atoms with van der Waals surface area (Å²) in [5.74, 6) is -0.742. The van der Waals surface area contributed by atoms with Crippen molar-refractivity contribution in [2.24, 2.45) is 5.92 Å². The van der Waals surface area contributed by atoms with Crippen LogP contribution in [-0.4, -0.2) is 34.0 Å². The minimum atomic E-state index is -0.845. The Labute approximate surface area is 76.5 Å². The average Bonchev–Trinajstić information content (AvgIpc) is 2.60. The Kier molecular flexibility index (Phi) is 1.78. The van der Waals surface area contributed by atoms with E-state index in [2.05, 4.69) is 0 Å². The van der Waals surface area contributed by atoms with E-state index in [-0.39, 0.29) is 17.9 Å². The number of nitrogens with zero attached hydrogens (tertiary/aromatic N) is 1. The summed E-state index contributed by atoms with van der Waals surface area (Å²) in [7, 11) is 0. The van der Waals surface area contributed by atoms with Gasteiger partial charge in [-0.05, 0) is 25.2 Å². The molecule has 72 valence electrons. The zero-order valence-electron chi connectivity index (χ0n) is 7.56. The van der Waals surface area contributed by atoms with Gasteiger partial charge in [0.05, 0.1) is 0 Å². The van der Waals surface area contributed by atoms with Crippen molar-refractivity contribution in [2.45, 2.75) is 38.3 Å². The van der Waals surface area contributed by atoms with Gasteiger partial charge in [0.2, 0.25) is 5.91 Å². The lowest BCUT2D eigenvalue weighted by atomic mass is 9.99. The van der Waals surface area contributed by atoms with Gasteiger partial charge in [-0.3, -0.25) is 4.79 Å². The van der Waals surface area contributed by atoms with Crippen LogP contribution in [0.2, 0.25) is 0 Å². The Bertz CT molecular complexity index is 238. The molecule has 3 atom stereocenters. The van der Waals surface area contributed by atoms with Gasteiger partial charge >= 0.3 is 5.97 Å². The molecule has 4 nitrogen and oxygen atoms in total. The van der Waals surface area contributed by atoms with E-state index in [1.165, 1.54) is 6.92 Å². The third-order valence-corrected chi connectivity index (χ3v) is 3.20. The fraction of sp³-hybridized carbons (Fsp3) is 0.778. The van der Waals surface area contributed by atoms with E-state index in [4.69, 9.17) is 5.11 Å². The Morgan fingerprint density at radius 1 is 1.38 bits per heavy atom. The number of hydrogen-bond donors (Lipinski definition) is 1. The van der Waals surface area contributed by atoms with Crippen LogP contribution in [0.4, 0.5) is 0 Å². The highest BCUT2D eigenvalue weighted by Gasteiger charge is 2.50. The number of piperidine rings is 1. The number of aliphatic carboxylic acids is 1. The summed E-state index contributed by atoms with van der Waals surface area (Å²) in [6, 6.07) is -0.347. The molecule has 1 aliphatic carbocycles. The Morgan fingerprint density at radius 2 is 2.08 bits per heavy atom. The van der Waals surface area contributed by atoms with Crippen LogP contribution in [0.5, 0.6) is 0 Å². The van der Waals surface area contributed by atoms with Crippen LogP contribution < -0.4 is 0 Å². The van der Waals surface area contributed by atoms with Crippen LogP contribution >= 0.6 is 0 Å². The standard InChI is InChI=1S/C9H13NO3/c1-5(11)10-7-3-2-6(4-7)8(10)9(12)13/h6-8H,2-4H2,1H3,(H,12,13). The van der Waals surface area contributed by atoms with Crippen molar-refractivity contribution in [1.29, 1.82) is 0 Å². The number of likely N-dealkylation sites (tertiary alicyclic amines) is 1. The second-order valence-electron chi connectivity index (χ2n) is 3.94. The second kappa shape index (κ2) is 2.72. The molecule has 0 aromatic heterocycles. The number of carboxylic acids is 1. The van der Waals surface area contributed by atoms with Crippen molar-refractivity contribution in [3.8, 4) is 0 Å². The minimum absolute atomic E-state index is 0.0976. The quantitative estimate of drug-likeness (QED) is 0.643. The largest absolute Gasteiger partial charge is 0.480 e. The molecule has 2 aliphatic rings. The van der Waals surface area contributed by atoms with Crippen molar-refractivity contribution in [3.05, 3.63) is 0 Å². The Balaban J connectivity index is 2.24. The van der Waals surface area contributed by atoms with Gasteiger partial charge < -0.3 is 10.0 Å². The van der Waals surface area contributed by atoms with Crippen molar-refractivity contribution >= 4 is 11.9 Å². The third-order valence-electron chi connectivity index (χ3n) is 3.20. The molecule has 1 saturated carbocycles. The number of carboxylic acid groups (broad SMARTS) is 1. The fourth-order valence-electron chi connectivity index (χ4n) is 2.76. The van der Waals surface area contributed by atoms with Gasteiger partial charge in [-0.15, -0.1) is 0 Å². The van der Waals surface area contributed by atoms with Gasteiger partial charge in [-0.25, -0.2) is 4.79 Å². The van der Waals surface area contributed by atoms with Crippen molar-refractivity contribution in [3.63, 3.8) is 0 Å². The molecule has 0 aromatic rings. The molecule has 2 bridgehead atoms. The highest BCUT2D eigenvalue weighted by Crippen LogP contribution is 2.42. The molecule has 0 spiro atoms. The molecule has 3 unspecified atom stereocenters. The van der Waals surface area contributed by atoms with Gasteiger partial charge in [0, 0.05) is 13.0 Å². The van der Waals surface area contributed by atoms with Gasteiger partial charge in [0.15, 0.2) is 0 Å². The first-order valence-electron chi connectivity index (χ1n) is 4.63. The van der Waals surface area contributed by atoms with E-state index < -0.39 is 12.0 Å². The topological polar surface area (TPSA) is 57.6 Å². The molecule has 0 aromatic carbocycles. The Morgan fingerprint density at radius 3 is 2.54 bits per heavy atom. The second-order valence-corrected chi connectivity index (χ2v) is 3.94. The van der Waals surface area contributed by atoms with Crippen LogP contribution in [0.25, 0.3) is 0 Å². The first-order chi connectivity index (χ1) is 6.11. The highest BCUT2D eigenvalue weighted by atomic mass is 16.4. The molecule has 2 rings (SSSR count). The summed E-state index contributed by atoms with van der Waals surface area (Å²) in [6.07, 6.45) is 2.83. The maximum Gasteiger partial charge on any atom is 0.326 e. The normalized spacial score (nSPS) is 36.7. The van der Waals surface area contributed by atoms with E-state index >= 15 is 0 Å². The molecule has 2 fully saturated rings. The smallest absolute Gasteiger partial charge is 0.326 e. The van der Waals surface area contributed by atoms with E-state index in [0.29, 0.717) is 0 Å². The summed E-state index contributed by atoms with van der Waals surface area (Å²) in [6.45, 7) is 1.46. The zero-order valence-corrected chi connectivity index (χ0v) is 7.56. The zero-order chi connectivity index (χ0) is 9.59. The molecule has 1 heterocycles. The Hall–Kier alpha value is -1.06. The fourth-order valence-corrected chi connectivity index (χ4v) is 2.76. The summed E-state index contributed by atoms with van der Waals surface area (Å²) in [5, 5.41) is 8.96. The maximum atomic E-state index is 11.2. The number of hydrogen-bond acceptors (Lipinski definition) is 2. The number of amides is 1. The predicted molar refractivity (Wildman–Crippen MR) is 45.1 cm³/mol. The summed E-state index contributed by atoms with van der Waals surface area (Å²) in [4.78, 5) is 23.7. The number of fused-ring (bicyclic) bond motifs is 2. The molecule has 13 heavy (non-hydrogen) atoms. The maximum absolute atomic E-state index is 11.2. The van der Waals surface area contributed by atoms with Crippen molar-refractivity contribution in [2.75, 3.05) is 0 Å². The molecule has 0 radical (unpaired) electrons. The lowest BCUT2D eigenvalue weighted by molar-refractivity contribution is -0.151. The van der Waals surface area contributed by atoms with Crippen LogP contribution in [-0.2, 0) is 9.59 Å². The van der Waals surface area contributed by atoms with Gasteiger partial charge in [0.1, 0.15) is 6.04 Å². The van der Waals surface area contributed by atoms with E-state index in [0.717, 1.165) is 19.3 Å². The number of rotatable bonds is 1. The molecule has 1 N–H and O–H groups in total. The summed E-state index contributed by atoms with van der Waals surface area (Å²) in [5.41, 5.74) is 0. The first kappa shape index (κ1) is 8.53. The highest BCUT2D eigenvalue weighted by molar-refractivity contribution is 5.84. The average molecular weight is 183 g/mol. The SMILES string of the molecule is CC(=O)N1C2CCC(C2)C1C(=O)O. The lowest BCUT2D eigenvalue weighted by Gasteiger charge is -2.31. The predicted octanol–water partition coefficient (Wildman–Crippen LogP) is 0.470. The summed E-state index contributed by atoms with van der Waals surface area (Å²) < 4.78 is 0. The molecule has 4 heteroatoms. The van der Waals surface area contributed by atoms with Crippen molar-refractivity contribution in [1.82, 2.24) is 4.90 Å². The molecule has 1 aliphatic heterocycles. The third kappa shape index (κ3) is 1.12. The summed E-state index contributed by atoms with van der Waals surface area (Å²) >= 11 is 0.